The lowest BCUT2D eigenvalue weighted by Gasteiger charge is -2.17. The summed E-state index contributed by atoms with van der Waals surface area (Å²) in [4.78, 5) is 23.8. The monoisotopic (exact) mass is 340 g/mol. The van der Waals surface area contributed by atoms with E-state index in [1.165, 1.54) is 0 Å². The first-order chi connectivity index (χ1) is 11.8. The lowest BCUT2D eigenvalue weighted by Crippen LogP contribution is -2.36. The van der Waals surface area contributed by atoms with Gasteiger partial charge in [0.2, 0.25) is 11.8 Å². The molecule has 5 heteroatoms. The fraction of sp³-hybridized carbons (Fsp3) is 0.300. The van der Waals surface area contributed by atoms with Crippen LogP contribution in [0.5, 0.6) is 11.5 Å². The molecule has 0 fully saturated rings. The maximum absolute atomic E-state index is 12.0. The number of ether oxygens (including phenoxy) is 1. The molecule has 2 aromatic rings. The molecule has 5 nitrogen and oxygen atoms in total. The van der Waals surface area contributed by atoms with Crippen molar-refractivity contribution in [3.05, 3.63) is 54.6 Å². The van der Waals surface area contributed by atoms with Crippen molar-refractivity contribution in [3.8, 4) is 11.5 Å². The van der Waals surface area contributed by atoms with Gasteiger partial charge < -0.3 is 15.4 Å². The Hall–Kier alpha value is -2.82. The first-order valence-electron chi connectivity index (χ1n) is 8.26. The van der Waals surface area contributed by atoms with Crippen LogP contribution in [0.3, 0.4) is 0 Å². The van der Waals surface area contributed by atoms with Gasteiger partial charge in [0.15, 0.2) is 0 Å². The second kappa shape index (κ2) is 8.33. The largest absolute Gasteiger partial charge is 0.457 e. The summed E-state index contributed by atoms with van der Waals surface area (Å²) >= 11 is 0. The van der Waals surface area contributed by atoms with Gasteiger partial charge in [0.05, 0.1) is 0 Å². The summed E-state index contributed by atoms with van der Waals surface area (Å²) in [5.74, 6) is 1.14. The Kier molecular flexibility index (Phi) is 6.17. The van der Waals surface area contributed by atoms with E-state index >= 15 is 0 Å². The molecule has 0 aliphatic rings. The SMILES string of the molecule is CC(C)(C)C(=O)NCCC(=O)Nc1cccc(Oc2ccccc2)c1. The molecule has 0 aliphatic heterocycles. The van der Waals surface area contributed by atoms with Gasteiger partial charge in [0, 0.05) is 30.1 Å². The number of carbonyl (C=O) groups excluding carboxylic acids is 2. The Bertz CT molecular complexity index is 721. The van der Waals surface area contributed by atoms with Crippen LogP contribution in [0.15, 0.2) is 54.6 Å². The Morgan fingerprint density at radius 3 is 2.32 bits per heavy atom. The first-order valence-corrected chi connectivity index (χ1v) is 8.26. The minimum atomic E-state index is -0.459. The number of carbonyl (C=O) groups is 2. The molecular formula is C20H24N2O3. The highest BCUT2D eigenvalue weighted by atomic mass is 16.5. The lowest BCUT2D eigenvalue weighted by molar-refractivity contribution is -0.128. The number of hydrogen-bond acceptors (Lipinski definition) is 3. The second-order valence-electron chi connectivity index (χ2n) is 6.75. The molecule has 0 saturated heterocycles. The highest BCUT2D eigenvalue weighted by Gasteiger charge is 2.20. The molecule has 2 aromatic carbocycles. The van der Waals surface area contributed by atoms with E-state index in [0.717, 1.165) is 5.75 Å². The maximum atomic E-state index is 12.0. The molecule has 132 valence electrons. The minimum Gasteiger partial charge on any atom is -0.457 e. The summed E-state index contributed by atoms with van der Waals surface area (Å²) in [6.45, 7) is 5.81. The van der Waals surface area contributed by atoms with Crippen molar-refractivity contribution >= 4 is 17.5 Å². The average Bonchev–Trinajstić information content (AvgIpc) is 2.55. The van der Waals surface area contributed by atoms with Crippen LogP contribution in [0, 0.1) is 5.41 Å². The van der Waals surface area contributed by atoms with Gasteiger partial charge in [-0.05, 0) is 24.3 Å². The maximum Gasteiger partial charge on any atom is 0.226 e. The third-order valence-corrected chi connectivity index (χ3v) is 3.42. The molecule has 0 saturated carbocycles. The van der Waals surface area contributed by atoms with E-state index in [4.69, 9.17) is 4.74 Å². The van der Waals surface area contributed by atoms with Crippen LogP contribution in [0.1, 0.15) is 27.2 Å². The van der Waals surface area contributed by atoms with Crippen LogP contribution in [-0.4, -0.2) is 18.4 Å². The van der Waals surface area contributed by atoms with Crippen molar-refractivity contribution in [2.45, 2.75) is 27.2 Å². The Labute approximate surface area is 148 Å². The molecule has 0 aliphatic carbocycles. The molecule has 2 rings (SSSR count). The van der Waals surface area contributed by atoms with Gasteiger partial charge in [-0.15, -0.1) is 0 Å². The molecule has 0 radical (unpaired) electrons. The zero-order valence-electron chi connectivity index (χ0n) is 14.8. The summed E-state index contributed by atoms with van der Waals surface area (Å²) in [7, 11) is 0. The number of hydrogen-bond donors (Lipinski definition) is 2. The van der Waals surface area contributed by atoms with Crippen molar-refractivity contribution in [1.29, 1.82) is 0 Å². The van der Waals surface area contributed by atoms with Gasteiger partial charge in [-0.3, -0.25) is 9.59 Å². The first kappa shape index (κ1) is 18.5. The molecule has 0 atom stereocenters. The summed E-state index contributed by atoms with van der Waals surface area (Å²) in [5.41, 5.74) is 0.195. The van der Waals surface area contributed by atoms with Crippen LogP contribution in [0.4, 0.5) is 5.69 Å². The average molecular weight is 340 g/mol. The summed E-state index contributed by atoms with van der Waals surface area (Å²) in [5, 5.41) is 5.57. The molecule has 0 bridgehead atoms. The molecule has 0 unspecified atom stereocenters. The second-order valence-corrected chi connectivity index (χ2v) is 6.75. The van der Waals surface area contributed by atoms with Gasteiger partial charge in [0.25, 0.3) is 0 Å². The Morgan fingerprint density at radius 1 is 0.960 bits per heavy atom. The predicted octanol–water partition coefficient (Wildman–Crippen LogP) is 3.97. The van der Waals surface area contributed by atoms with Crippen LogP contribution < -0.4 is 15.4 Å². The van der Waals surface area contributed by atoms with E-state index in [9.17, 15) is 9.59 Å². The summed E-state index contributed by atoms with van der Waals surface area (Å²) < 4.78 is 5.74. The van der Waals surface area contributed by atoms with Crippen LogP contribution in [-0.2, 0) is 9.59 Å². The fourth-order valence-corrected chi connectivity index (χ4v) is 2.04. The fourth-order valence-electron chi connectivity index (χ4n) is 2.04. The van der Waals surface area contributed by atoms with Crippen LogP contribution >= 0.6 is 0 Å². The summed E-state index contributed by atoms with van der Waals surface area (Å²) in [6, 6.07) is 16.6. The number of amides is 2. The molecule has 2 amide bonds. The topological polar surface area (TPSA) is 67.4 Å². The minimum absolute atomic E-state index is 0.0708. The zero-order valence-corrected chi connectivity index (χ0v) is 14.8. The van der Waals surface area contributed by atoms with Crippen molar-refractivity contribution in [1.82, 2.24) is 5.32 Å². The smallest absolute Gasteiger partial charge is 0.226 e. The molecular weight excluding hydrogens is 316 g/mol. The van der Waals surface area contributed by atoms with Gasteiger partial charge >= 0.3 is 0 Å². The van der Waals surface area contributed by atoms with Crippen LogP contribution in [0.25, 0.3) is 0 Å². The van der Waals surface area contributed by atoms with Gasteiger partial charge in [-0.2, -0.15) is 0 Å². The Balaban J connectivity index is 1.85. The molecule has 25 heavy (non-hydrogen) atoms. The number of rotatable bonds is 6. The van der Waals surface area contributed by atoms with Crippen molar-refractivity contribution in [2.24, 2.45) is 5.41 Å². The number of benzene rings is 2. The molecule has 0 aromatic heterocycles. The van der Waals surface area contributed by atoms with E-state index in [-0.39, 0.29) is 18.2 Å². The van der Waals surface area contributed by atoms with Gasteiger partial charge in [-0.25, -0.2) is 0 Å². The summed E-state index contributed by atoms with van der Waals surface area (Å²) in [6.07, 6.45) is 0.214. The van der Waals surface area contributed by atoms with Crippen LogP contribution in [0.2, 0.25) is 0 Å². The lowest BCUT2D eigenvalue weighted by atomic mass is 9.96. The Morgan fingerprint density at radius 2 is 1.64 bits per heavy atom. The third kappa shape index (κ3) is 6.30. The van der Waals surface area contributed by atoms with E-state index in [1.54, 1.807) is 12.1 Å². The number of anilines is 1. The number of para-hydroxylation sites is 1. The van der Waals surface area contributed by atoms with Crippen molar-refractivity contribution in [3.63, 3.8) is 0 Å². The quantitative estimate of drug-likeness (QED) is 0.836. The van der Waals surface area contributed by atoms with E-state index < -0.39 is 5.41 Å². The molecule has 0 heterocycles. The predicted molar refractivity (Wildman–Crippen MR) is 98.7 cm³/mol. The van der Waals surface area contributed by atoms with E-state index in [0.29, 0.717) is 18.0 Å². The zero-order chi connectivity index (χ0) is 18.3. The van der Waals surface area contributed by atoms with Crippen molar-refractivity contribution in [2.75, 3.05) is 11.9 Å². The molecule has 0 spiro atoms. The van der Waals surface area contributed by atoms with Gasteiger partial charge in [0.1, 0.15) is 11.5 Å². The van der Waals surface area contributed by atoms with Crippen molar-refractivity contribution < 1.29 is 14.3 Å². The molecule has 2 N–H and O–H groups in total. The number of nitrogens with one attached hydrogen (secondary N) is 2. The van der Waals surface area contributed by atoms with Gasteiger partial charge in [-0.1, -0.05) is 45.0 Å². The standard InChI is InChI=1S/C20H24N2O3/c1-20(2,3)19(24)21-13-12-18(23)22-15-8-7-11-17(14-15)25-16-9-5-4-6-10-16/h4-11,14H,12-13H2,1-3H3,(H,21,24)(H,22,23). The highest BCUT2D eigenvalue weighted by Crippen LogP contribution is 2.23. The normalized spacial score (nSPS) is 10.8. The van der Waals surface area contributed by atoms with E-state index in [2.05, 4.69) is 10.6 Å². The highest BCUT2D eigenvalue weighted by molar-refractivity contribution is 5.91. The third-order valence-electron chi connectivity index (χ3n) is 3.42. The van der Waals surface area contributed by atoms with E-state index in [1.807, 2.05) is 63.2 Å².